The monoisotopic (exact) mass is 358 g/mol. The van der Waals surface area contributed by atoms with Gasteiger partial charge >= 0.3 is 0 Å². The van der Waals surface area contributed by atoms with Gasteiger partial charge in [-0.25, -0.2) is 0 Å². The smallest absolute Gasteiger partial charge is 0.242 e. The molecule has 0 aliphatic carbocycles. The number of methoxy groups -OCH3 is 1. The zero-order valence-electron chi connectivity index (χ0n) is 15.3. The summed E-state index contributed by atoms with van der Waals surface area (Å²) in [5.41, 5.74) is 0.570. The normalized spacial score (nSPS) is 20.8. The lowest BCUT2D eigenvalue weighted by Gasteiger charge is -2.34. The molecule has 0 unspecified atom stereocenters. The fourth-order valence-electron chi connectivity index (χ4n) is 3.78. The number of hydrogen-bond donors (Lipinski definition) is 0. The average Bonchev–Trinajstić information content (AvgIpc) is 2.69. The van der Waals surface area contributed by atoms with Gasteiger partial charge in [-0.05, 0) is 37.8 Å². The molecule has 1 atom stereocenters. The van der Waals surface area contributed by atoms with Gasteiger partial charge in [-0.15, -0.1) is 0 Å². The fourth-order valence-corrected chi connectivity index (χ4v) is 3.78. The molecule has 2 aliphatic rings. The lowest BCUT2D eigenvalue weighted by Crippen LogP contribution is -2.48. The number of ketones is 1. The lowest BCUT2D eigenvalue weighted by atomic mass is 9.89. The van der Waals surface area contributed by atoms with E-state index in [9.17, 15) is 14.4 Å². The summed E-state index contributed by atoms with van der Waals surface area (Å²) < 4.78 is 5.30. The highest BCUT2D eigenvalue weighted by molar-refractivity contribution is 6.00. The number of benzene rings is 1. The number of nitrogens with zero attached hydrogens (tertiary/aromatic N) is 2. The Kier molecular flexibility index (Phi) is 5.91. The van der Waals surface area contributed by atoms with Crippen molar-refractivity contribution in [3.8, 4) is 5.75 Å². The largest absolute Gasteiger partial charge is 0.496 e. The standard InChI is InChI=1S/C20H26N2O4/c1-26-17-9-3-2-8-16(17)20(25)15-7-6-12-21(13-15)19(24)14-22-11-5-4-10-18(22)23/h2-3,8-9,15H,4-7,10-14H2,1H3/t15-/m1/s1. The van der Waals surface area contributed by atoms with Gasteiger partial charge in [0.1, 0.15) is 5.75 Å². The van der Waals surface area contributed by atoms with Crippen LogP contribution in [0.5, 0.6) is 5.75 Å². The van der Waals surface area contributed by atoms with Crippen molar-refractivity contribution in [1.82, 2.24) is 9.80 Å². The number of hydrogen-bond acceptors (Lipinski definition) is 4. The van der Waals surface area contributed by atoms with Crippen molar-refractivity contribution < 1.29 is 19.1 Å². The maximum Gasteiger partial charge on any atom is 0.242 e. The molecule has 0 spiro atoms. The van der Waals surface area contributed by atoms with Crippen LogP contribution in [0.2, 0.25) is 0 Å². The quantitative estimate of drug-likeness (QED) is 0.756. The van der Waals surface area contributed by atoms with Crippen molar-refractivity contribution in [2.24, 2.45) is 5.92 Å². The summed E-state index contributed by atoms with van der Waals surface area (Å²) in [7, 11) is 1.55. The predicted molar refractivity (Wildman–Crippen MR) is 97.1 cm³/mol. The van der Waals surface area contributed by atoms with Gasteiger partial charge in [0.2, 0.25) is 11.8 Å². The first kappa shape index (κ1) is 18.4. The SMILES string of the molecule is COc1ccccc1C(=O)[C@@H]1CCCN(C(=O)CN2CCCCC2=O)C1. The molecule has 1 aromatic carbocycles. The number of piperidine rings is 2. The molecular weight excluding hydrogens is 332 g/mol. The van der Waals surface area contributed by atoms with Gasteiger partial charge in [0, 0.05) is 32.0 Å². The second-order valence-electron chi connectivity index (χ2n) is 7.02. The van der Waals surface area contributed by atoms with Gasteiger partial charge in [-0.3, -0.25) is 14.4 Å². The van der Waals surface area contributed by atoms with Gasteiger partial charge in [0.25, 0.3) is 0 Å². The molecule has 2 fully saturated rings. The van der Waals surface area contributed by atoms with E-state index in [1.165, 1.54) is 0 Å². The van der Waals surface area contributed by atoms with Crippen molar-refractivity contribution in [2.75, 3.05) is 33.3 Å². The van der Waals surface area contributed by atoms with Crippen LogP contribution in [-0.4, -0.2) is 60.7 Å². The van der Waals surface area contributed by atoms with Crippen LogP contribution in [0.25, 0.3) is 0 Å². The molecule has 0 bridgehead atoms. The minimum atomic E-state index is -0.221. The molecule has 140 valence electrons. The molecule has 2 aliphatic heterocycles. The Morgan fingerprint density at radius 2 is 1.96 bits per heavy atom. The molecule has 0 aromatic heterocycles. The van der Waals surface area contributed by atoms with Crippen LogP contribution in [0.15, 0.2) is 24.3 Å². The van der Waals surface area contributed by atoms with Crippen molar-refractivity contribution in [3.63, 3.8) is 0 Å². The Labute approximate surface area is 154 Å². The third-order valence-corrected chi connectivity index (χ3v) is 5.26. The van der Waals surface area contributed by atoms with E-state index < -0.39 is 0 Å². The zero-order valence-corrected chi connectivity index (χ0v) is 15.3. The van der Waals surface area contributed by atoms with E-state index >= 15 is 0 Å². The Balaban J connectivity index is 1.64. The highest BCUT2D eigenvalue weighted by Gasteiger charge is 2.31. The second kappa shape index (κ2) is 8.34. The van der Waals surface area contributed by atoms with Crippen LogP contribution in [0.1, 0.15) is 42.5 Å². The van der Waals surface area contributed by atoms with E-state index in [0.29, 0.717) is 37.4 Å². The molecule has 2 amide bonds. The summed E-state index contributed by atoms with van der Waals surface area (Å²) in [6.45, 7) is 1.85. The van der Waals surface area contributed by atoms with E-state index in [4.69, 9.17) is 4.74 Å². The van der Waals surface area contributed by atoms with Crippen LogP contribution in [-0.2, 0) is 9.59 Å². The van der Waals surface area contributed by atoms with Crippen molar-refractivity contribution in [2.45, 2.75) is 32.1 Å². The highest BCUT2D eigenvalue weighted by Crippen LogP contribution is 2.26. The minimum absolute atomic E-state index is 0.0222. The van der Waals surface area contributed by atoms with Gasteiger partial charge in [-0.1, -0.05) is 12.1 Å². The molecule has 2 saturated heterocycles. The van der Waals surface area contributed by atoms with Crippen molar-refractivity contribution >= 4 is 17.6 Å². The van der Waals surface area contributed by atoms with Gasteiger partial charge in [-0.2, -0.15) is 0 Å². The van der Waals surface area contributed by atoms with Gasteiger partial charge < -0.3 is 14.5 Å². The van der Waals surface area contributed by atoms with Crippen LogP contribution in [0.4, 0.5) is 0 Å². The Morgan fingerprint density at radius 1 is 1.15 bits per heavy atom. The number of amides is 2. The first-order chi connectivity index (χ1) is 12.6. The summed E-state index contributed by atoms with van der Waals surface area (Å²) in [6.07, 6.45) is 3.95. The molecule has 1 aromatic rings. The van der Waals surface area contributed by atoms with Crippen molar-refractivity contribution in [1.29, 1.82) is 0 Å². The molecule has 6 nitrogen and oxygen atoms in total. The molecule has 0 saturated carbocycles. The maximum absolute atomic E-state index is 12.9. The fraction of sp³-hybridized carbons (Fsp3) is 0.550. The molecule has 0 N–H and O–H groups in total. The van der Waals surface area contributed by atoms with Crippen molar-refractivity contribution in [3.05, 3.63) is 29.8 Å². The number of carbonyl (C=O) groups is 3. The molecular formula is C20H26N2O4. The van der Waals surface area contributed by atoms with Gasteiger partial charge in [0.05, 0.1) is 19.2 Å². The summed E-state index contributed by atoms with van der Waals surface area (Å²) in [6, 6.07) is 7.21. The number of Topliss-reactive ketones (excluding diaryl/α,β-unsaturated/α-hetero) is 1. The van der Waals surface area contributed by atoms with E-state index in [1.807, 2.05) is 12.1 Å². The summed E-state index contributed by atoms with van der Waals surface area (Å²) in [5, 5.41) is 0. The maximum atomic E-state index is 12.9. The second-order valence-corrected chi connectivity index (χ2v) is 7.02. The predicted octanol–water partition coefficient (Wildman–Crippen LogP) is 2.13. The molecule has 2 heterocycles. The van der Waals surface area contributed by atoms with Crippen LogP contribution in [0, 0.1) is 5.92 Å². The summed E-state index contributed by atoms with van der Waals surface area (Å²) >= 11 is 0. The topological polar surface area (TPSA) is 66.9 Å². The van der Waals surface area contributed by atoms with E-state index in [-0.39, 0.29) is 30.1 Å². The first-order valence-corrected chi connectivity index (χ1v) is 9.33. The third-order valence-electron chi connectivity index (χ3n) is 5.26. The third kappa shape index (κ3) is 4.06. The number of rotatable bonds is 5. The average molecular weight is 358 g/mol. The highest BCUT2D eigenvalue weighted by atomic mass is 16.5. The Morgan fingerprint density at radius 3 is 2.73 bits per heavy atom. The summed E-state index contributed by atoms with van der Waals surface area (Å²) in [5.74, 6) is 0.371. The first-order valence-electron chi connectivity index (χ1n) is 9.33. The molecule has 26 heavy (non-hydrogen) atoms. The summed E-state index contributed by atoms with van der Waals surface area (Å²) in [4.78, 5) is 40.9. The number of likely N-dealkylation sites (tertiary alicyclic amines) is 2. The molecule has 0 radical (unpaired) electrons. The number of carbonyl (C=O) groups excluding carboxylic acids is 3. The van der Waals surface area contributed by atoms with Crippen LogP contribution < -0.4 is 4.74 Å². The lowest BCUT2D eigenvalue weighted by molar-refractivity contribution is -0.142. The Bertz CT molecular complexity index is 688. The number of para-hydroxylation sites is 1. The van der Waals surface area contributed by atoms with E-state index in [0.717, 1.165) is 25.7 Å². The molecule has 6 heteroatoms. The van der Waals surface area contributed by atoms with E-state index in [1.54, 1.807) is 29.0 Å². The zero-order chi connectivity index (χ0) is 18.5. The van der Waals surface area contributed by atoms with Crippen LogP contribution >= 0.6 is 0 Å². The van der Waals surface area contributed by atoms with Gasteiger partial charge in [0.15, 0.2) is 5.78 Å². The molecule has 3 rings (SSSR count). The number of ether oxygens (including phenoxy) is 1. The minimum Gasteiger partial charge on any atom is -0.496 e. The Hall–Kier alpha value is -2.37. The van der Waals surface area contributed by atoms with Crippen LogP contribution in [0.3, 0.4) is 0 Å². The van der Waals surface area contributed by atoms with E-state index in [2.05, 4.69) is 0 Å².